The molecular weight excluding hydrogens is 414 g/mol. The highest BCUT2D eigenvalue weighted by Crippen LogP contribution is 2.26. The van der Waals surface area contributed by atoms with Gasteiger partial charge in [-0.3, -0.25) is 9.78 Å². The molecule has 186 valence electrons. The summed E-state index contributed by atoms with van der Waals surface area (Å²) in [6.45, 7) is 15.2. The molecule has 0 aliphatic heterocycles. The van der Waals surface area contributed by atoms with E-state index in [4.69, 9.17) is 9.84 Å². The van der Waals surface area contributed by atoms with Crippen LogP contribution in [0.1, 0.15) is 96.9 Å². The largest absolute Gasteiger partial charge is 0.444 e. The van der Waals surface area contributed by atoms with Gasteiger partial charge in [-0.15, -0.1) is 0 Å². The molecule has 0 unspecified atom stereocenters. The Bertz CT molecular complexity index is 823. The van der Waals surface area contributed by atoms with Crippen LogP contribution in [0.3, 0.4) is 0 Å². The molecule has 2 heterocycles. The highest BCUT2D eigenvalue weighted by Gasteiger charge is 2.25. The summed E-state index contributed by atoms with van der Waals surface area (Å²) in [5, 5.41) is 14.8. The van der Waals surface area contributed by atoms with Gasteiger partial charge in [0.25, 0.3) is 0 Å². The van der Waals surface area contributed by atoms with Gasteiger partial charge in [-0.2, -0.15) is 10.2 Å². The van der Waals surface area contributed by atoms with E-state index < -0.39 is 5.60 Å². The smallest absolute Gasteiger partial charge is 0.407 e. The van der Waals surface area contributed by atoms with Crippen LogP contribution < -0.4 is 5.32 Å². The summed E-state index contributed by atoms with van der Waals surface area (Å²) in [6.07, 6.45) is 8.11. The molecule has 1 saturated carbocycles. The first kappa shape index (κ1) is 26.9. The molecule has 2 aromatic heterocycles. The first-order valence-electron chi connectivity index (χ1n) is 12.8. The molecule has 1 aliphatic carbocycles. The standard InChI is InChI=1S/C19H33N3O2.C7H12N2/c1-6-15-12-17(7-2)22(21-15)13-14-8-10-16(11-9-14)20-18(23)24-19(3,4)5;1-3-6-5-7(4-2)9-8-6/h12,14,16H,6-11,13H2,1-5H3,(H,20,23);5H,3-4H2,1-2H3,(H,8,9). The van der Waals surface area contributed by atoms with Gasteiger partial charge in [-0.25, -0.2) is 4.79 Å². The Morgan fingerprint density at radius 2 is 1.70 bits per heavy atom. The van der Waals surface area contributed by atoms with Crippen LogP contribution in [-0.2, 0) is 37.0 Å². The van der Waals surface area contributed by atoms with Gasteiger partial charge in [0.15, 0.2) is 0 Å². The Morgan fingerprint density at radius 1 is 1.03 bits per heavy atom. The first-order valence-corrected chi connectivity index (χ1v) is 12.8. The number of aryl methyl sites for hydroxylation is 4. The van der Waals surface area contributed by atoms with Gasteiger partial charge in [0, 0.05) is 24.0 Å². The molecule has 7 heteroatoms. The van der Waals surface area contributed by atoms with Crippen molar-refractivity contribution in [2.45, 2.75) is 118 Å². The molecule has 1 amide bonds. The van der Waals surface area contributed by atoms with Crippen LogP contribution >= 0.6 is 0 Å². The highest BCUT2D eigenvalue weighted by molar-refractivity contribution is 5.68. The molecule has 3 rings (SSSR count). The molecule has 0 saturated heterocycles. The molecule has 33 heavy (non-hydrogen) atoms. The third-order valence-electron chi connectivity index (χ3n) is 6.06. The van der Waals surface area contributed by atoms with E-state index in [0.717, 1.165) is 63.6 Å². The van der Waals surface area contributed by atoms with E-state index in [-0.39, 0.29) is 12.1 Å². The predicted molar refractivity (Wildman–Crippen MR) is 133 cm³/mol. The Labute approximate surface area is 200 Å². The number of hydrogen-bond donors (Lipinski definition) is 2. The van der Waals surface area contributed by atoms with Crippen LogP contribution in [0.25, 0.3) is 0 Å². The lowest BCUT2D eigenvalue weighted by atomic mass is 9.86. The highest BCUT2D eigenvalue weighted by atomic mass is 16.6. The van der Waals surface area contributed by atoms with Crippen LogP contribution in [0.15, 0.2) is 12.1 Å². The Hall–Kier alpha value is -2.31. The fourth-order valence-electron chi connectivity index (χ4n) is 4.11. The molecule has 1 aliphatic rings. The first-order chi connectivity index (χ1) is 15.7. The second kappa shape index (κ2) is 12.8. The summed E-state index contributed by atoms with van der Waals surface area (Å²) in [6, 6.07) is 4.58. The van der Waals surface area contributed by atoms with Crippen molar-refractivity contribution in [3.63, 3.8) is 0 Å². The van der Waals surface area contributed by atoms with E-state index >= 15 is 0 Å². The van der Waals surface area contributed by atoms with Crippen LogP contribution in [0, 0.1) is 5.92 Å². The monoisotopic (exact) mass is 459 g/mol. The van der Waals surface area contributed by atoms with Crippen molar-refractivity contribution in [3.8, 4) is 0 Å². The third-order valence-corrected chi connectivity index (χ3v) is 6.06. The summed E-state index contributed by atoms with van der Waals surface area (Å²) in [5.74, 6) is 0.650. The van der Waals surface area contributed by atoms with Gasteiger partial charge >= 0.3 is 6.09 Å². The second-order valence-electron chi connectivity index (χ2n) is 9.97. The topological polar surface area (TPSA) is 84.8 Å². The zero-order chi connectivity index (χ0) is 24.4. The van der Waals surface area contributed by atoms with Gasteiger partial charge in [0.1, 0.15) is 5.60 Å². The fraction of sp³-hybridized carbons (Fsp3) is 0.731. The quantitative estimate of drug-likeness (QED) is 0.562. The van der Waals surface area contributed by atoms with Gasteiger partial charge in [-0.05, 0) is 90.2 Å². The molecule has 0 bridgehead atoms. The second-order valence-corrected chi connectivity index (χ2v) is 9.97. The Kier molecular flexibility index (Phi) is 10.5. The lowest BCUT2D eigenvalue weighted by Crippen LogP contribution is -2.41. The van der Waals surface area contributed by atoms with E-state index in [0.29, 0.717) is 5.92 Å². The van der Waals surface area contributed by atoms with Gasteiger partial charge in [-0.1, -0.05) is 27.7 Å². The van der Waals surface area contributed by atoms with Gasteiger partial charge < -0.3 is 10.1 Å². The molecule has 1 fully saturated rings. The Balaban J connectivity index is 0.000000357. The molecule has 0 aromatic carbocycles. The molecule has 2 aromatic rings. The van der Waals surface area contributed by atoms with Crippen molar-refractivity contribution in [2.75, 3.05) is 0 Å². The SMILES string of the molecule is CCc1cc(CC)[nH]n1.CCc1cc(CC)n(CC2CCC(NC(=O)OC(C)(C)C)CC2)n1. The van der Waals surface area contributed by atoms with Gasteiger partial charge in [0.05, 0.1) is 11.4 Å². The number of hydrogen-bond acceptors (Lipinski definition) is 4. The average Bonchev–Trinajstić information content (AvgIpc) is 3.40. The summed E-state index contributed by atoms with van der Waals surface area (Å²) < 4.78 is 7.54. The minimum Gasteiger partial charge on any atom is -0.444 e. The van der Waals surface area contributed by atoms with Crippen LogP contribution in [0.5, 0.6) is 0 Å². The van der Waals surface area contributed by atoms with Crippen molar-refractivity contribution in [3.05, 3.63) is 34.9 Å². The normalized spacial score (nSPS) is 18.4. The summed E-state index contributed by atoms with van der Waals surface area (Å²) >= 11 is 0. The van der Waals surface area contributed by atoms with E-state index in [9.17, 15) is 4.79 Å². The molecule has 2 N–H and O–H groups in total. The van der Waals surface area contributed by atoms with Crippen molar-refractivity contribution in [2.24, 2.45) is 5.92 Å². The van der Waals surface area contributed by atoms with Crippen molar-refractivity contribution in [1.29, 1.82) is 0 Å². The number of aromatic nitrogens is 4. The van der Waals surface area contributed by atoms with Crippen molar-refractivity contribution in [1.82, 2.24) is 25.3 Å². The number of nitrogens with one attached hydrogen (secondary N) is 2. The van der Waals surface area contributed by atoms with E-state index in [1.165, 1.54) is 17.1 Å². The average molecular weight is 460 g/mol. The molecular formula is C26H45N5O2. The maximum absolute atomic E-state index is 11.9. The maximum Gasteiger partial charge on any atom is 0.407 e. The van der Waals surface area contributed by atoms with Crippen molar-refractivity contribution >= 4 is 6.09 Å². The van der Waals surface area contributed by atoms with E-state index in [1.807, 2.05) is 20.8 Å². The number of alkyl carbamates (subject to hydrolysis) is 1. The minimum atomic E-state index is -0.436. The number of carbonyl (C=O) groups excluding carboxylic acids is 1. The van der Waals surface area contributed by atoms with Crippen LogP contribution in [0.4, 0.5) is 4.79 Å². The number of aromatic amines is 1. The Morgan fingerprint density at radius 3 is 2.18 bits per heavy atom. The maximum atomic E-state index is 11.9. The molecule has 0 atom stereocenters. The van der Waals surface area contributed by atoms with E-state index in [1.54, 1.807) is 0 Å². The summed E-state index contributed by atoms with van der Waals surface area (Å²) in [4.78, 5) is 11.9. The lowest BCUT2D eigenvalue weighted by Gasteiger charge is -2.30. The number of carbonyl (C=O) groups is 1. The van der Waals surface area contributed by atoms with Crippen LogP contribution in [0.2, 0.25) is 0 Å². The molecule has 7 nitrogen and oxygen atoms in total. The lowest BCUT2D eigenvalue weighted by molar-refractivity contribution is 0.0485. The van der Waals surface area contributed by atoms with Crippen molar-refractivity contribution < 1.29 is 9.53 Å². The van der Waals surface area contributed by atoms with Crippen LogP contribution in [-0.4, -0.2) is 37.7 Å². The zero-order valence-corrected chi connectivity index (χ0v) is 21.8. The third kappa shape index (κ3) is 9.22. The minimum absolute atomic E-state index is 0.241. The number of rotatable bonds is 7. The summed E-state index contributed by atoms with van der Waals surface area (Å²) in [5.41, 5.74) is 4.47. The summed E-state index contributed by atoms with van der Waals surface area (Å²) in [7, 11) is 0. The number of ether oxygens (including phenoxy) is 1. The molecule has 0 spiro atoms. The number of nitrogens with zero attached hydrogens (tertiary/aromatic N) is 3. The predicted octanol–water partition coefficient (Wildman–Crippen LogP) is 5.63. The number of amides is 1. The van der Waals surface area contributed by atoms with Gasteiger partial charge in [0.2, 0.25) is 0 Å². The molecule has 0 radical (unpaired) electrons. The number of H-pyrrole nitrogens is 1. The van der Waals surface area contributed by atoms with E-state index in [2.05, 4.69) is 60.0 Å². The zero-order valence-electron chi connectivity index (χ0n) is 21.8. The fourth-order valence-corrected chi connectivity index (χ4v) is 4.11.